The van der Waals surface area contributed by atoms with Gasteiger partial charge in [-0.2, -0.15) is 0 Å². The van der Waals surface area contributed by atoms with Crippen molar-refractivity contribution in [3.63, 3.8) is 0 Å². The van der Waals surface area contributed by atoms with Crippen molar-refractivity contribution < 1.29 is 9.53 Å². The molecule has 19 heavy (non-hydrogen) atoms. The van der Waals surface area contributed by atoms with Crippen LogP contribution in [0.4, 0.5) is 10.5 Å². The van der Waals surface area contributed by atoms with Crippen LogP contribution >= 0.6 is 0 Å². The van der Waals surface area contributed by atoms with Gasteiger partial charge in [-0.05, 0) is 29.9 Å². The number of carbonyl (C=O) groups excluding carboxylic acids is 1. The molecule has 1 heterocycles. The van der Waals surface area contributed by atoms with E-state index in [1.54, 1.807) is 4.90 Å². The SMILES string of the molecule is CC1CN(c2c(C(C)C)cccc2C(C)C)C(=O)O1. The highest BCUT2D eigenvalue weighted by Crippen LogP contribution is 2.37. The summed E-state index contributed by atoms with van der Waals surface area (Å²) in [6.07, 6.45) is -0.254. The van der Waals surface area contributed by atoms with E-state index >= 15 is 0 Å². The molecule has 1 amide bonds. The molecule has 1 aliphatic heterocycles. The average molecular weight is 261 g/mol. The predicted molar refractivity (Wildman–Crippen MR) is 77.9 cm³/mol. The maximum absolute atomic E-state index is 12.0. The van der Waals surface area contributed by atoms with Crippen molar-refractivity contribution in [1.82, 2.24) is 0 Å². The second-order valence-corrected chi connectivity index (χ2v) is 5.90. The Morgan fingerprint density at radius 1 is 1.16 bits per heavy atom. The normalized spacial score (nSPS) is 19.4. The van der Waals surface area contributed by atoms with Gasteiger partial charge in [0.2, 0.25) is 0 Å². The Kier molecular flexibility index (Phi) is 3.83. The van der Waals surface area contributed by atoms with Crippen molar-refractivity contribution >= 4 is 11.8 Å². The molecular formula is C16H23NO2. The Labute approximate surface area is 115 Å². The fourth-order valence-corrected chi connectivity index (χ4v) is 2.61. The van der Waals surface area contributed by atoms with Crippen LogP contribution in [0.2, 0.25) is 0 Å². The molecule has 1 aromatic rings. The topological polar surface area (TPSA) is 29.5 Å². The molecule has 0 saturated carbocycles. The number of nitrogens with zero attached hydrogens (tertiary/aromatic N) is 1. The lowest BCUT2D eigenvalue weighted by atomic mass is 9.92. The first-order valence-electron chi connectivity index (χ1n) is 7.02. The van der Waals surface area contributed by atoms with E-state index in [1.807, 2.05) is 6.92 Å². The zero-order valence-corrected chi connectivity index (χ0v) is 12.4. The maximum atomic E-state index is 12.0. The van der Waals surface area contributed by atoms with Gasteiger partial charge < -0.3 is 4.74 Å². The second kappa shape index (κ2) is 5.24. The van der Waals surface area contributed by atoms with Gasteiger partial charge in [0.1, 0.15) is 6.10 Å². The third-order valence-electron chi connectivity index (χ3n) is 3.57. The number of ether oxygens (including phenoxy) is 1. The lowest BCUT2D eigenvalue weighted by molar-refractivity contribution is 0.150. The molecule has 104 valence electrons. The van der Waals surface area contributed by atoms with E-state index in [0.29, 0.717) is 18.4 Å². The molecule has 1 fully saturated rings. The molecule has 1 atom stereocenters. The average Bonchev–Trinajstić information content (AvgIpc) is 2.67. The fraction of sp³-hybridized carbons (Fsp3) is 0.562. The number of rotatable bonds is 3. The highest BCUT2D eigenvalue weighted by molar-refractivity contribution is 5.92. The maximum Gasteiger partial charge on any atom is 0.414 e. The van der Waals surface area contributed by atoms with Crippen LogP contribution in [0.5, 0.6) is 0 Å². The Hall–Kier alpha value is -1.51. The van der Waals surface area contributed by atoms with Crippen LogP contribution < -0.4 is 4.90 Å². The van der Waals surface area contributed by atoms with Crippen LogP contribution in [-0.4, -0.2) is 18.7 Å². The molecule has 3 heteroatoms. The smallest absolute Gasteiger partial charge is 0.414 e. The Balaban J connectivity index is 2.55. The summed E-state index contributed by atoms with van der Waals surface area (Å²) in [5.74, 6) is 0.773. The molecular weight excluding hydrogens is 238 g/mol. The van der Waals surface area contributed by atoms with E-state index in [9.17, 15) is 4.79 Å². The van der Waals surface area contributed by atoms with E-state index in [-0.39, 0.29) is 12.2 Å². The van der Waals surface area contributed by atoms with Crippen molar-refractivity contribution in [1.29, 1.82) is 0 Å². The number of cyclic esters (lactones) is 1. The number of hydrogen-bond donors (Lipinski definition) is 0. The van der Waals surface area contributed by atoms with Gasteiger partial charge in [-0.1, -0.05) is 45.9 Å². The summed E-state index contributed by atoms with van der Waals surface area (Å²) in [6, 6.07) is 6.31. The zero-order valence-electron chi connectivity index (χ0n) is 12.4. The third kappa shape index (κ3) is 2.60. The quantitative estimate of drug-likeness (QED) is 0.812. The van der Waals surface area contributed by atoms with Gasteiger partial charge in [-0.15, -0.1) is 0 Å². The van der Waals surface area contributed by atoms with Crippen LogP contribution in [0.1, 0.15) is 57.6 Å². The van der Waals surface area contributed by atoms with Crippen molar-refractivity contribution in [3.8, 4) is 0 Å². The van der Waals surface area contributed by atoms with Gasteiger partial charge in [0.15, 0.2) is 0 Å². The van der Waals surface area contributed by atoms with E-state index in [1.165, 1.54) is 11.1 Å². The van der Waals surface area contributed by atoms with E-state index < -0.39 is 0 Å². The number of benzene rings is 1. The third-order valence-corrected chi connectivity index (χ3v) is 3.57. The van der Waals surface area contributed by atoms with Crippen molar-refractivity contribution in [2.24, 2.45) is 0 Å². The molecule has 0 N–H and O–H groups in total. The number of hydrogen-bond acceptors (Lipinski definition) is 2. The molecule has 1 aromatic carbocycles. The van der Waals surface area contributed by atoms with Crippen LogP contribution in [-0.2, 0) is 4.74 Å². The highest BCUT2D eigenvalue weighted by Gasteiger charge is 2.33. The summed E-state index contributed by atoms with van der Waals surface area (Å²) in [7, 11) is 0. The molecule has 0 spiro atoms. The van der Waals surface area contributed by atoms with Crippen molar-refractivity contribution in [2.75, 3.05) is 11.4 Å². The molecule has 3 nitrogen and oxygen atoms in total. The minimum Gasteiger partial charge on any atom is -0.444 e. The lowest BCUT2D eigenvalue weighted by Gasteiger charge is -2.25. The van der Waals surface area contributed by atoms with Crippen molar-refractivity contribution in [3.05, 3.63) is 29.3 Å². The molecule has 0 radical (unpaired) electrons. The van der Waals surface area contributed by atoms with Gasteiger partial charge in [-0.25, -0.2) is 4.79 Å². The number of amides is 1. The van der Waals surface area contributed by atoms with Crippen LogP contribution in [0.15, 0.2) is 18.2 Å². The van der Waals surface area contributed by atoms with E-state index in [4.69, 9.17) is 4.74 Å². The predicted octanol–water partition coefficient (Wildman–Crippen LogP) is 4.28. The van der Waals surface area contributed by atoms with Gasteiger partial charge >= 0.3 is 6.09 Å². The van der Waals surface area contributed by atoms with Crippen LogP contribution in [0, 0.1) is 0 Å². The van der Waals surface area contributed by atoms with E-state index in [0.717, 1.165) is 5.69 Å². The minimum absolute atomic E-state index is 0.0345. The Bertz CT molecular complexity index is 453. The summed E-state index contributed by atoms with van der Waals surface area (Å²) in [6.45, 7) is 11.2. The Morgan fingerprint density at radius 2 is 1.68 bits per heavy atom. The van der Waals surface area contributed by atoms with Crippen LogP contribution in [0.25, 0.3) is 0 Å². The number of carbonyl (C=O) groups is 1. The fourth-order valence-electron chi connectivity index (χ4n) is 2.61. The molecule has 0 aromatic heterocycles. The second-order valence-electron chi connectivity index (χ2n) is 5.90. The van der Waals surface area contributed by atoms with Gasteiger partial charge in [0, 0.05) is 0 Å². The molecule has 0 bridgehead atoms. The van der Waals surface area contributed by atoms with E-state index in [2.05, 4.69) is 45.9 Å². The zero-order chi connectivity index (χ0) is 14.2. The van der Waals surface area contributed by atoms with Crippen LogP contribution in [0.3, 0.4) is 0 Å². The number of anilines is 1. The molecule has 1 unspecified atom stereocenters. The van der Waals surface area contributed by atoms with Gasteiger partial charge in [-0.3, -0.25) is 4.90 Å². The lowest BCUT2D eigenvalue weighted by Crippen LogP contribution is -2.27. The summed E-state index contributed by atoms with van der Waals surface area (Å²) in [4.78, 5) is 13.8. The van der Waals surface area contributed by atoms with Gasteiger partial charge in [0.05, 0.1) is 12.2 Å². The van der Waals surface area contributed by atoms with Crippen molar-refractivity contribution in [2.45, 2.75) is 52.6 Å². The number of para-hydroxylation sites is 1. The largest absolute Gasteiger partial charge is 0.444 e. The summed E-state index contributed by atoms with van der Waals surface area (Å²) >= 11 is 0. The van der Waals surface area contributed by atoms with Gasteiger partial charge in [0.25, 0.3) is 0 Å². The Morgan fingerprint density at radius 3 is 2.05 bits per heavy atom. The summed E-state index contributed by atoms with van der Waals surface area (Å²) < 4.78 is 5.28. The molecule has 1 aliphatic rings. The molecule has 2 rings (SSSR count). The first-order chi connectivity index (χ1) is 8.91. The summed E-state index contributed by atoms with van der Waals surface area (Å²) in [5, 5.41) is 0. The standard InChI is InChI=1S/C16H23NO2/c1-10(2)13-7-6-8-14(11(3)4)15(13)17-9-12(5)19-16(17)18/h6-8,10-12H,9H2,1-5H3. The first-order valence-corrected chi connectivity index (χ1v) is 7.02. The molecule has 1 saturated heterocycles. The first kappa shape index (κ1) is 13.9. The summed E-state index contributed by atoms with van der Waals surface area (Å²) in [5.41, 5.74) is 3.50. The minimum atomic E-state index is -0.220. The molecule has 0 aliphatic carbocycles. The monoisotopic (exact) mass is 261 g/mol. The highest BCUT2D eigenvalue weighted by atomic mass is 16.6.